The van der Waals surface area contributed by atoms with Crippen LogP contribution >= 0.6 is 20.3 Å². The first kappa shape index (κ1) is 23.8. The second-order valence-corrected chi connectivity index (χ2v) is 12.2. The summed E-state index contributed by atoms with van der Waals surface area (Å²) in [5.41, 5.74) is 11.2. The van der Waals surface area contributed by atoms with E-state index in [1.54, 1.807) is 0 Å². The van der Waals surface area contributed by atoms with Gasteiger partial charge in [0.15, 0.2) is 5.58 Å². The van der Waals surface area contributed by atoms with Gasteiger partial charge in [-0.2, -0.15) is 0 Å². The third-order valence-electron chi connectivity index (χ3n) is 8.14. The van der Waals surface area contributed by atoms with E-state index < -0.39 is 0 Å². The standard InChI is InChI=1S/C35H21ClN3O2P/c36-35(38-31-24-14-6-8-16-26(24)41-34(31)37)42-39-25-15-7-5-13-23(25)28-21-11-3-4-12-22(21)30-29-20-10-2-1-9-19(20)17-18-27(29)40-33(30)32(28)39/h1-18,42H,37H2. The number of nitrogens with zero attached hydrogens (tertiary/aromatic N) is 2. The van der Waals surface area contributed by atoms with Crippen molar-refractivity contribution < 1.29 is 8.83 Å². The lowest BCUT2D eigenvalue weighted by atomic mass is 9.97. The molecule has 0 aliphatic heterocycles. The number of nitrogens with two attached hydrogens (primary N) is 1. The van der Waals surface area contributed by atoms with Gasteiger partial charge in [0.2, 0.25) is 5.88 Å². The zero-order valence-electron chi connectivity index (χ0n) is 22.1. The molecule has 5 nitrogen and oxygen atoms in total. The fourth-order valence-electron chi connectivity index (χ4n) is 6.44. The molecular formula is C35H21ClN3O2P. The van der Waals surface area contributed by atoms with Crippen molar-refractivity contribution in [3.63, 3.8) is 0 Å². The van der Waals surface area contributed by atoms with Crippen LogP contribution in [-0.2, 0) is 0 Å². The Hall–Kier alpha value is -4.83. The molecule has 7 heteroatoms. The van der Waals surface area contributed by atoms with E-state index in [1.165, 1.54) is 21.5 Å². The smallest absolute Gasteiger partial charge is 0.217 e. The van der Waals surface area contributed by atoms with Crippen molar-refractivity contribution in [1.82, 2.24) is 4.34 Å². The lowest BCUT2D eigenvalue weighted by Crippen LogP contribution is -1.90. The Bertz CT molecular complexity index is 2590. The number of fused-ring (bicyclic) bond motifs is 13. The van der Waals surface area contributed by atoms with Crippen LogP contribution in [0, 0.1) is 0 Å². The van der Waals surface area contributed by atoms with Crippen LogP contribution in [-0.4, -0.2) is 9.25 Å². The Balaban J connectivity index is 1.41. The molecule has 42 heavy (non-hydrogen) atoms. The van der Waals surface area contributed by atoms with Crippen molar-refractivity contribution in [2.75, 3.05) is 5.73 Å². The van der Waals surface area contributed by atoms with Crippen molar-refractivity contribution in [2.45, 2.75) is 0 Å². The molecule has 0 aliphatic rings. The number of aliphatic imine (C=N–C) groups is 1. The highest BCUT2D eigenvalue weighted by Crippen LogP contribution is 2.48. The topological polar surface area (TPSA) is 69.6 Å². The maximum atomic E-state index is 6.98. The number of rotatable bonds is 3. The normalized spacial score (nSPS) is 13.0. The number of hydrogen-bond acceptors (Lipinski definition) is 4. The van der Waals surface area contributed by atoms with Gasteiger partial charge in [-0.15, -0.1) is 0 Å². The number of halogens is 1. The molecule has 9 rings (SSSR count). The molecule has 0 saturated heterocycles. The molecule has 0 radical (unpaired) electrons. The quantitative estimate of drug-likeness (QED) is 0.167. The van der Waals surface area contributed by atoms with Crippen LogP contribution in [0.25, 0.3) is 76.3 Å². The molecule has 200 valence electrons. The summed E-state index contributed by atoms with van der Waals surface area (Å²) in [6.45, 7) is 0. The van der Waals surface area contributed by atoms with Crippen molar-refractivity contribution in [1.29, 1.82) is 0 Å². The third-order valence-corrected chi connectivity index (χ3v) is 9.47. The van der Waals surface area contributed by atoms with Crippen molar-refractivity contribution >= 4 is 113 Å². The summed E-state index contributed by atoms with van der Waals surface area (Å²) in [6.07, 6.45) is 0. The Morgan fingerprint density at radius 3 is 2.14 bits per heavy atom. The van der Waals surface area contributed by atoms with Crippen molar-refractivity contribution in [2.24, 2.45) is 4.99 Å². The highest BCUT2D eigenvalue weighted by atomic mass is 35.5. The molecule has 2 N–H and O–H groups in total. The molecule has 0 amide bonds. The molecule has 6 aromatic carbocycles. The number of nitrogen functional groups attached to an aromatic ring is 1. The number of hydrogen-bond donors (Lipinski definition) is 1. The van der Waals surface area contributed by atoms with Crippen LogP contribution in [0.3, 0.4) is 0 Å². The minimum Gasteiger partial charge on any atom is -0.454 e. The maximum absolute atomic E-state index is 6.98. The molecule has 3 heterocycles. The van der Waals surface area contributed by atoms with Gasteiger partial charge in [-0.05, 0) is 45.8 Å². The van der Waals surface area contributed by atoms with Gasteiger partial charge in [0, 0.05) is 35.7 Å². The Morgan fingerprint density at radius 2 is 1.31 bits per heavy atom. The number of aromatic nitrogens is 1. The van der Waals surface area contributed by atoms with Crippen LogP contribution in [0.5, 0.6) is 0 Å². The Morgan fingerprint density at radius 1 is 0.643 bits per heavy atom. The van der Waals surface area contributed by atoms with Crippen LogP contribution < -0.4 is 5.73 Å². The molecule has 0 spiro atoms. The first-order chi connectivity index (χ1) is 20.7. The highest BCUT2D eigenvalue weighted by molar-refractivity contribution is 7.63. The second-order valence-electron chi connectivity index (χ2n) is 10.4. The van der Waals surface area contributed by atoms with E-state index in [9.17, 15) is 0 Å². The summed E-state index contributed by atoms with van der Waals surface area (Å²) in [6, 6.07) is 37.4. The molecule has 3 aromatic heterocycles. The first-order valence-corrected chi connectivity index (χ1v) is 15.0. The van der Waals surface area contributed by atoms with Crippen LogP contribution in [0.2, 0.25) is 0 Å². The monoisotopic (exact) mass is 581 g/mol. The first-order valence-electron chi connectivity index (χ1n) is 13.6. The molecule has 1 unspecified atom stereocenters. The van der Waals surface area contributed by atoms with Crippen LogP contribution in [0.1, 0.15) is 0 Å². The van der Waals surface area contributed by atoms with Gasteiger partial charge in [0.25, 0.3) is 0 Å². The van der Waals surface area contributed by atoms with Crippen LogP contribution in [0.4, 0.5) is 11.6 Å². The molecule has 1 atom stereocenters. The summed E-state index contributed by atoms with van der Waals surface area (Å²) >= 11 is 6.98. The van der Waals surface area contributed by atoms with E-state index in [4.69, 9.17) is 31.2 Å². The summed E-state index contributed by atoms with van der Waals surface area (Å²) in [7, 11) is -0.00669. The fraction of sp³-hybridized carbons (Fsp3) is 0. The van der Waals surface area contributed by atoms with Gasteiger partial charge in [0.1, 0.15) is 21.8 Å². The summed E-state index contributed by atoms with van der Waals surface area (Å²) in [5.74, 6) is 0.249. The van der Waals surface area contributed by atoms with Gasteiger partial charge >= 0.3 is 0 Å². The molecule has 0 bridgehead atoms. The van der Waals surface area contributed by atoms with E-state index in [0.29, 0.717) is 16.2 Å². The zero-order valence-corrected chi connectivity index (χ0v) is 23.8. The van der Waals surface area contributed by atoms with Gasteiger partial charge < -0.3 is 18.9 Å². The number of benzene rings is 6. The maximum Gasteiger partial charge on any atom is 0.217 e. The lowest BCUT2D eigenvalue weighted by molar-refractivity contribution is 0.638. The largest absolute Gasteiger partial charge is 0.454 e. The molecule has 0 fully saturated rings. The van der Waals surface area contributed by atoms with E-state index >= 15 is 0 Å². The van der Waals surface area contributed by atoms with Crippen LogP contribution in [0.15, 0.2) is 123 Å². The Labute approximate surface area is 245 Å². The molecule has 0 aliphatic carbocycles. The van der Waals surface area contributed by atoms with Gasteiger partial charge in [-0.1, -0.05) is 96.5 Å². The zero-order chi connectivity index (χ0) is 27.9. The predicted molar refractivity (Wildman–Crippen MR) is 179 cm³/mol. The van der Waals surface area contributed by atoms with E-state index in [2.05, 4.69) is 89.3 Å². The molecular weight excluding hydrogens is 561 g/mol. The summed E-state index contributed by atoms with van der Waals surface area (Å²) in [4.78, 5) is 5.20. The van der Waals surface area contributed by atoms with Crippen molar-refractivity contribution in [3.8, 4) is 0 Å². The number of furan rings is 2. The lowest BCUT2D eigenvalue weighted by Gasteiger charge is -2.08. The SMILES string of the molecule is Nc1oc2ccccc2c1N=C(Cl)Pn1c2ccccc2c2c3ccccc3c3c(oc4ccc5ccccc5c43)c21. The van der Waals surface area contributed by atoms with E-state index in [1.807, 2.05) is 24.3 Å². The summed E-state index contributed by atoms with van der Waals surface area (Å²) < 4.78 is 14.8. The average Bonchev–Trinajstić information content (AvgIpc) is 3.67. The van der Waals surface area contributed by atoms with Gasteiger partial charge in [0.05, 0.1) is 11.0 Å². The van der Waals surface area contributed by atoms with Gasteiger partial charge in [-0.3, -0.25) is 0 Å². The minimum atomic E-state index is -0.00669. The highest BCUT2D eigenvalue weighted by Gasteiger charge is 2.23. The third kappa shape index (κ3) is 3.26. The van der Waals surface area contributed by atoms with E-state index in [-0.39, 0.29) is 14.6 Å². The number of anilines is 1. The van der Waals surface area contributed by atoms with E-state index in [0.717, 1.165) is 49.1 Å². The summed E-state index contributed by atoms with van der Waals surface area (Å²) in [5, 5.41) is 10.0. The molecule has 0 saturated carbocycles. The van der Waals surface area contributed by atoms with Crippen molar-refractivity contribution in [3.05, 3.63) is 109 Å². The average molecular weight is 582 g/mol. The number of para-hydroxylation sites is 2. The minimum absolute atomic E-state index is 0.00669. The fourth-order valence-corrected chi connectivity index (χ4v) is 7.76. The predicted octanol–water partition coefficient (Wildman–Crippen LogP) is 10.7. The van der Waals surface area contributed by atoms with Gasteiger partial charge in [-0.25, -0.2) is 4.99 Å². The molecule has 9 aromatic rings. The Kier molecular flexibility index (Phi) is 5.01. The second kappa shape index (κ2) is 8.83.